The Balaban J connectivity index is 2.10. The van der Waals surface area contributed by atoms with Crippen molar-refractivity contribution in [3.63, 3.8) is 0 Å². The smallest absolute Gasteiger partial charge is 0.151 e. The molecule has 1 aliphatic rings. The Morgan fingerprint density at radius 3 is 2.80 bits per heavy atom. The van der Waals surface area contributed by atoms with Crippen molar-refractivity contribution in [1.29, 1.82) is 0 Å². The van der Waals surface area contributed by atoms with Crippen molar-refractivity contribution in [2.75, 3.05) is 18.0 Å². The van der Waals surface area contributed by atoms with Crippen LogP contribution in [0.3, 0.4) is 0 Å². The zero-order valence-electron chi connectivity index (χ0n) is 8.98. The molecule has 2 rings (SSSR count). The van der Waals surface area contributed by atoms with E-state index in [1.165, 1.54) is 5.57 Å². The molecule has 0 atom stereocenters. The molecule has 4 nitrogen and oxygen atoms in total. The molecule has 1 aromatic heterocycles. The molecule has 0 saturated carbocycles. The molecule has 0 unspecified atom stereocenters. The normalized spacial score (nSPS) is 16.4. The highest BCUT2D eigenvalue weighted by atomic mass is 15.3. The third-order valence-electron chi connectivity index (χ3n) is 2.68. The molecule has 0 bridgehead atoms. The first-order chi connectivity index (χ1) is 7.29. The summed E-state index contributed by atoms with van der Waals surface area (Å²) in [5.74, 6) is 0.941. The molecule has 2 heterocycles. The van der Waals surface area contributed by atoms with Crippen molar-refractivity contribution in [2.24, 2.45) is 5.73 Å². The quantitative estimate of drug-likeness (QED) is 0.733. The van der Waals surface area contributed by atoms with Crippen LogP contribution in [0.4, 0.5) is 5.82 Å². The topological polar surface area (TPSA) is 55.0 Å². The molecule has 80 valence electrons. The first kappa shape index (κ1) is 10.1. The van der Waals surface area contributed by atoms with Crippen LogP contribution in [0, 0.1) is 0 Å². The van der Waals surface area contributed by atoms with E-state index in [1.807, 2.05) is 12.1 Å². The van der Waals surface area contributed by atoms with Crippen LogP contribution in [0.2, 0.25) is 0 Å². The second kappa shape index (κ2) is 4.40. The van der Waals surface area contributed by atoms with Gasteiger partial charge in [-0.3, -0.25) is 0 Å². The minimum Gasteiger partial charge on any atom is -0.351 e. The monoisotopic (exact) mass is 204 g/mol. The third-order valence-corrected chi connectivity index (χ3v) is 2.68. The predicted molar refractivity (Wildman–Crippen MR) is 60.5 cm³/mol. The molecule has 2 N–H and O–H groups in total. The van der Waals surface area contributed by atoms with E-state index in [9.17, 15) is 0 Å². The van der Waals surface area contributed by atoms with E-state index in [4.69, 9.17) is 5.73 Å². The largest absolute Gasteiger partial charge is 0.351 e. The van der Waals surface area contributed by atoms with E-state index >= 15 is 0 Å². The van der Waals surface area contributed by atoms with Crippen LogP contribution in [0.5, 0.6) is 0 Å². The molecule has 1 aliphatic heterocycles. The van der Waals surface area contributed by atoms with Crippen molar-refractivity contribution in [3.8, 4) is 0 Å². The molecule has 0 spiro atoms. The summed E-state index contributed by atoms with van der Waals surface area (Å²) in [7, 11) is 0. The molecule has 1 aromatic rings. The summed E-state index contributed by atoms with van der Waals surface area (Å²) < 4.78 is 0. The second-order valence-electron chi connectivity index (χ2n) is 3.83. The molecule has 0 fully saturated rings. The summed E-state index contributed by atoms with van der Waals surface area (Å²) in [5.41, 5.74) is 7.76. The zero-order chi connectivity index (χ0) is 10.7. The summed E-state index contributed by atoms with van der Waals surface area (Å²) >= 11 is 0. The van der Waals surface area contributed by atoms with Gasteiger partial charge in [0, 0.05) is 19.6 Å². The lowest BCUT2D eigenvalue weighted by Crippen LogP contribution is -2.29. The second-order valence-corrected chi connectivity index (χ2v) is 3.83. The van der Waals surface area contributed by atoms with Gasteiger partial charge in [0.2, 0.25) is 0 Å². The molecular weight excluding hydrogens is 188 g/mol. The lowest BCUT2D eigenvalue weighted by molar-refractivity contribution is 0.757. The Morgan fingerprint density at radius 1 is 1.40 bits per heavy atom. The van der Waals surface area contributed by atoms with Gasteiger partial charge in [0.25, 0.3) is 0 Å². The molecule has 0 saturated heterocycles. The standard InChI is InChI=1S/C11H16N4/c1-9-4-6-15(7-5-9)11-3-2-10(8-12)13-14-11/h2-4H,5-8,12H2,1H3. The molecule has 0 amide bonds. The number of hydrogen-bond acceptors (Lipinski definition) is 4. The van der Waals surface area contributed by atoms with Gasteiger partial charge in [-0.25, -0.2) is 0 Å². The van der Waals surface area contributed by atoms with E-state index in [-0.39, 0.29) is 0 Å². The van der Waals surface area contributed by atoms with E-state index in [2.05, 4.69) is 28.1 Å². The predicted octanol–water partition coefficient (Wildman–Crippen LogP) is 1.09. The Kier molecular flexibility index (Phi) is 2.97. The number of nitrogens with zero attached hydrogens (tertiary/aromatic N) is 3. The summed E-state index contributed by atoms with van der Waals surface area (Å²) in [4.78, 5) is 2.22. The van der Waals surface area contributed by atoms with Crippen molar-refractivity contribution in [3.05, 3.63) is 29.5 Å². The zero-order valence-corrected chi connectivity index (χ0v) is 8.98. The summed E-state index contributed by atoms with van der Waals surface area (Å²) in [6, 6.07) is 3.93. The van der Waals surface area contributed by atoms with Gasteiger partial charge in [-0.1, -0.05) is 11.6 Å². The fourth-order valence-electron chi connectivity index (χ4n) is 1.61. The van der Waals surface area contributed by atoms with Crippen molar-refractivity contribution in [1.82, 2.24) is 10.2 Å². The lowest BCUT2D eigenvalue weighted by Gasteiger charge is -2.25. The first-order valence-electron chi connectivity index (χ1n) is 5.23. The van der Waals surface area contributed by atoms with Gasteiger partial charge in [-0.15, -0.1) is 5.10 Å². The van der Waals surface area contributed by atoms with E-state index in [0.29, 0.717) is 6.54 Å². The molecule has 15 heavy (non-hydrogen) atoms. The van der Waals surface area contributed by atoms with Gasteiger partial charge in [0.1, 0.15) is 0 Å². The van der Waals surface area contributed by atoms with Crippen LogP contribution < -0.4 is 10.6 Å². The third kappa shape index (κ3) is 2.33. The van der Waals surface area contributed by atoms with E-state index in [1.54, 1.807) is 0 Å². The Morgan fingerprint density at radius 2 is 2.27 bits per heavy atom. The van der Waals surface area contributed by atoms with Gasteiger partial charge in [0.15, 0.2) is 5.82 Å². The maximum atomic E-state index is 5.47. The Hall–Kier alpha value is -1.42. The number of aromatic nitrogens is 2. The highest BCUT2D eigenvalue weighted by Gasteiger charge is 2.11. The number of rotatable bonds is 2. The lowest BCUT2D eigenvalue weighted by atomic mass is 10.1. The highest BCUT2D eigenvalue weighted by molar-refractivity contribution is 5.40. The molecule has 0 aromatic carbocycles. The summed E-state index contributed by atoms with van der Waals surface area (Å²) in [6.45, 7) is 4.58. The first-order valence-corrected chi connectivity index (χ1v) is 5.23. The number of anilines is 1. The van der Waals surface area contributed by atoms with Crippen molar-refractivity contribution < 1.29 is 0 Å². The number of hydrogen-bond donors (Lipinski definition) is 1. The van der Waals surface area contributed by atoms with Gasteiger partial charge >= 0.3 is 0 Å². The number of nitrogens with two attached hydrogens (primary N) is 1. The van der Waals surface area contributed by atoms with Crippen LogP contribution in [-0.4, -0.2) is 23.3 Å². The van der Waals surface area contributed by atoms with Crippen LogP contribution in [0.1, 0.15) is 19.0 Å². The SMILES string of the molecule is CC1=CCN(c2ccc(CN)nn2)CC1. The maximum absolute atomic E-state index is 5.47. The molecular formula is C11H16N4. The van der Waals surface area contributed by atoms with Gasteiger partial charge in [-0.05, 0) is 25.5 Å². The van der Waals surface area contributed by atoms with E-state index in [0.717, 1.165) is 31.0 Å². The van der Waals surface area contributed by atoms with Crippen LogP contribution in [0.25, 0.3) is 0 Å². The van der Waals surface area contributed by atoms with Gasteiger partial charge in [-0.2, -0.15) is 5.10 Å². The van der Waals surface area contributed by atoms with Crippen LogP contribution in [0.15, 0.2) is 23.8 Å². The minimum atomic E-state index is 0.451. The molecule has 0 radical (unpaired) electrons. The van der Waals surface area contributed by atoms with E-state index < -0.39 is 0 Å². The highest BCUT2D eigenvalue weighted by Crippen LogP contribution is 2.16. The van der Waals surface area contributed by atoms with Crippen LogP contribution >= 0.6 is 0 Å². The fourth-order valence-corrected chi connectivity index (χ4v) is 1.61. The minimum absolute atomic E-state index is 0.451. The fraction of sp³-hybridized carbons (Fsp3) is 0.455. The molecule has 0 aliphatic carbocycles. The van der Waals surface area contributed by atoms with Crippen molar-refractivity contribution in [2.45, 2.75) is 19.9 Å². The van der Waals surface area contributed by atoms with Gasteiger partial charge in [0.05, 0.1) is 5.69 Å². The maximum Gasteiger partial charge on any atom is 0.151 e. The Bertz CT molecular complexity index is 355. The summed E-state index contributed by atoms with van der Waals surface area (Å²) in [6.07, 6.45) is 3.35. The molecule has 4 heteroatoms. The van der Waals surface area contributed by atoms with Crippen LogP contribution in [-0.2, 0) is 6.54 Å². The summed E-state index contributed by atoms with van der Waals surface area (Å²) in [5, 5.41) is 8.22. The Labute approximate surface area is 89.8 Å². The van der Waals surface area contributed by atoms with Gasteiger partial charge < -0.3 is 10.6 Å². The average Bonchev–Trinajstić information content (AvgIpc) is 2.30. The van der Waals surface area contributed by atoms with Crippen molar-refractivity contribution >= 4 is 5.82 Å². The average molecular weight is 204 g/mol.